The second kappa shape index (κ2) is 9.14. The van der Waals surface area contributed by atoms with Crippen LogP contribution in [0.2, 0.25) is 0 Å². The molecule has 0 saturated heterocycles. The maximum absolute atomic E-state index is 13.0. The Kier molecular flexibility index (Phi) is 6.34. The predicted octanol–water partition coefficient (Wildman–Crippen LogP) is 5.55. The number of halogens is 1. The van der Waals surface area contributed by atoms with E-state index in [1.165, 1.54) is 11.8 Å². The summed E-state index contributed by atoms with van der Waals surface area (Å²) in [6, 6.07) is 15.2. The molecule has 6 nitrogen and oxygen atoms in total. The monoisotopic (exact) mass is 484 g/mol. The van der Waals surface area contributed by atoms with E-state index in [2.05, 4.69) is 39.9 Å². The quantitative estimate of drug-likeness (QED) is 0.253. The topological polar surface area (TPSA) is 73.8 Å². The van der Waals surface area contributed by atoms with E-state index in [4.69, 9.17) is 9.51 Å². The van der Waals surface area contributed by atoms with Gasteiger partial charge in [0.1, 0.15) is 0 Å². The first-order valence-corrected chi connectivity index (χ1v) is 11.5. The standard InChI is InChI=1S/C22H21BrN4O2S/c1-14(2)11-12-27-21(28)17-5-3-4-6-18(17)24-22(27)30-13-19-25-20(26-29-19)15-7-9-16(23)10-8-15/h3-10,14H,11-13H2,1-2H3. The van der Waals surface area contributed by atoms with Crippen molar-refractivity contribution in [2.45, 2.75) is 37.7 Å². The number of hydrogen-bond acceptors (Lipinski definition) is 6. The molecule has 0 aliphatic rings. The number of benzene rings is 2. The van der Waals surface area contributed by atoms with Crippen LogP contribution in [0.1, 0.15) is 26.2 Å². The molecule has 0 amide bonds. The van der Waals surface area contributed by atoms with E-state index >= 15 is 0 Å². The molecule has 4 rings (SSSR count). The fourth-order valence-corrected chi connectivity index (χ4v) is 4.13. The predicted molar refractivity (Wildman–Crippen MR) is 122 cm³/mol. The molecule has 0 atom stereocenters. The molecular weight excluding hydrogens is 464 g/mol. The maximum atomic E-state index is 13.0. The molecule has 2 aromatic carbocycles. The number of aromatic nitrogens is 4. The van der Waals surface area contributed by atoms with Gasteiger partial charge >= 0.3 is 0 Å². The Morgan fingerprint density at radius 1 is 1.10 bits per heavy atom. The molecule has 0 saturated carbocycles. The van der Waals surface area contributed by atoms with E-state index in [0.717, 1.165) is 16.5 Å². The molecule has 0 spiro atoms. The van der Waals surface area contributed by atoms with Crippen LogP contribution in [0.4, 0.5) is 0 Å². The number of rotatable bonds is 7. The van der Waals surface area contributed by atoms with Crippen LogP contribution in [0.25, 0.3) is 22.3 Å². The molecule has 154 valence electrons. The zero-order valence-corrected chi connectivity index (χ0v) is 19.1. The van der Waals surface area contributed by atoms with Gasteiger partial charge in [-0.25, -0.2) is 4.98 Å². The molecule has 8 heteroatoms. The van der Waals surface area contributed by atoms with Gasteiger partial charge in [-0.1, -0.05) is 58.8 Å². The molecule has 2 aromatic heterocycles. The lowest BCUT2D eigenvalue weighted by atomic mass is 10.1. The smallest absolute Gasteiger partial charge is 0.262 e. The van der Waals surface area contributed by atoms with Gasteiger partial charge in [-0.3, -0.25) is 9.36 Å². The highest BCUT2D eigenvalue weighted by atomic mass is 79.9. The van der Waals surface area contributed by atoms with Gasteiger partial charge in [0.2, 0.25) is 11.7 Å². The van der Waals surface area contributed by atoms with Gasteiger partial charge in [0.05, 0.1) is 16.7 Å². The zero-order chi connectivity index (χ0) is 21.1. The molecule has 2 heterocycles. The summed E-state index contributed by atoms with van der Waals surface area (Å²) in [7, 11) is 0. The Morgan fingerprint density at radius 3 is 2.63 bits per heavy atom. The Labute approximate surface area is 186 Å². The third-order valence-corrected chi connectivity index (χ3v) is 6.14. The molecule has 4 aromatic rings. The second-order valence-electron chi connectivity index (χ2n) is 7.36. The van der Waals surface area contributed by atoms with E-state index in [-0.39, 0.29) is 5.56 Å². The first-order chi connectivity index (χ1) is 14.5. The van der Waals surface area contributed by atoms with Crippen LogP contribution in [-0.2, 0) is 12.3 Å². The minimum absolute atomic E-state index is 0.00942. The fraction of sp³-hybridized carbons (Fsp3) is 0.273. The van der Waals surface area contributed by atoms with Gasteiger partial charge in [0.15, 0.2) is 5.16 Å². The number of nitrogens with zero attached hydrogens (tertiary/aromatic N) is 4. The molecule has 30 heavy (non-hydrogen) atoms. The van der Waals surface area contributed by atoms with Crippen molar-refractivity contribution < 1.29 is 4.52 Å². The van der Waals surface area contributed by atoms with Crippen molar-refractivity contribution in [1.82, 2.24) is 19.7 Å². The van der Waals surface area contributed by atoms with Crippen LogP contribution in [0.5, 0.6) is 0 Å². The van der Waals surface area contributed by atoms with Crippen molar-refractivity contribution in [2.24, 2.45) is 5.92 Å². The SMILES string of the molecule is CC(C)CCn1c(SCc2nc(-c3ccc(Br)cc3)no2)nc2ccccc2c1=O. The van der Waals surface area contributed by atoms with Crippen molar-refractivity contribution in [1.29, 1.82) is 0 Å². The lowest BCUT2D eigenvalue weighted by molar-refractivity contribution is 0.391. The molecule has 0 aliphatic carbocycles. The summed E-state index contributed by atoms with van der Waals surface area (Å²) in [6.45, 7) is 4.92. The van der Waals surface area contributed by atoms with E-state index < -0.39 is 0 Å². The van der Waals surface area contributed by atoms with Crippen LogP contribution < -0.4 is 5.56 Å². The average molecular weight is 485 g/mol. The Bertz CT molecular complexity index is 1220. The highest BCUT2D eigenvalue weighted by Gasteiger charge is 2.15. The largest absolute Gasteiger partial charge is 0.338 e. The lowest BCUT2D eigenvalue weighted by Crippen LogP contribution is -2.24. The lowest BCUT2D eigenvalue weighted by Gasteiger charge is -2.13. The number of thioether (sulfide) groups is 1. The van der Waals surface area contributed by atoms with Gasteiger partial charge in [-0.2, -0.15) is 4.98 Å². The Balaban J connectivity index is 1.59. The molecule has 0 N–H and O–H groups in total. The minimum atomic E-state index is -0.00942. The summed E-state index contributed by atoms with van der Waals surface area (Å²) in [6.07, 6.45) is 0.905. The van der Waals surface area contributed by atoms with Crippen LogP contribution in [-0.4, -0.2) is 19.7 Å². The molecule has 0 fully saturated rings. The molecule has 0 bridgehead atoms. The summed E-state index contributed by atoms with van der Waals surface area (Å²) in [4.78, 5) is 22.3. The van der Waals surface area contributed by atoms with Gasteiger partial charge in [0, 0.05) is 16.6 Å². The summed E-state index contributed by atoms with van der Waals surface area (Å²) >= 11 is 4.86. The molecular formula is C22H21BrN4O2S. The fourth-order valence-electron chi connectivity index (χ4n) is 3.00. The van der Waals surface area contributed by atoms with Crippen LogP contribution in [0.3, 0.4) is 0 Å². The third-order valence-electron chi connectivity index (χ3n) is 4.65. The van der Waals surface area contributed by atoms with Gasteiger partial charge in [-0.05, 0) is 48.7 Å². The first kappa shape index (κ1) is 20.8. The van der Waals surface area contributed by atoms with Crippen molar-refractivity contribution in [2.75, 3.05) is 0 Å². The zero-order valence-electron chi connectivity index (χ0n) is 16.7. The van der Waals surface area contributed by atoms with Crippen molar-refractivity contribution in [3.05, 3.63) is 69.2 Å². The van der Waals surface area contributed by atoms with Crippen LogP contribution in [0.15, 0.2) is 67.5 Å². The molecule has 0 radical (unpaired) electrons. The maximum Gasteiger partial charge on any atom is 0.262 e. The van der Waals surface area contributed by atoms with Crippen molar-refractivity contribution >= 4 is 38.6 Å². The molecule has 0 unspecified atom stereocenters. The summed E-state index contributed by atoms with van der Waals surface area (Å²) in [5, 5.41) is 5.38. The number of fused-ring (bicyclic) bond motifs is 1. The Morgan fingerprint density at radius 2 is 1.87 bits per heavy atom. The van der Waals surface area contributed by atoms with E-state index in [9.17, 15) is 4.79 Å². The second-order valence-corrected chi connectivity index (χ2v) is 9.22. The summed E-state index contributed by atoms with van der Waals surface area (Å²) in [5.74, 6) is 1.97. The number of hydrogen-bond donors (Lipinski definition) is 0. The molecule has 0 aliphatic heterocycles. The highest BCUT2D eigenvalue weighted by molar-refractivity contribution is 9.10. The van der Waals surface area contributed by atoms with Gasteiger partial charge < -0.3 is 4.52 Å². The Hall–Kier alpha value is -2.45. The number of para-hydroxylation sites is 1. The van der Waals surface area contributed by atoms with E-state index in [0.29, 0.717) is 46.0 Å². The van der Waals surface area contributed by atoms with Gasteiger partial charge in [-0.15, -0.1) is 0 Å². The van der Waals surface area contributed by atoms with Gasteiger partial charge in [0.25, 0.3) is 5.56 Å². The van der Waals surface area contributed by atoms with Crippen LogP contribution in [0, 0.1) is 5.92 Å². The van der Waals surface area contributed by atoms with E-state index in [1.54, 1.807) is 4.57 Å². The minimum Gasteiger partial charge on any atom is -0.338 e. The normalized spacial score (nSPS) is 11.5. The summed E-state index contributed by atoms with van der Waals surface area (Å²) in [5.41, 5.74) is 1.58. The summed E-state index contributed by atoms with van der Waals surface area (Å²) < 4.78 is 8.17. The average Bonchev–Trinajstić information content (AvgIpc) is 3.21. The first-order valence-electron chi connectivity index (χ1n) is 9.72. The van der Waals surface area contributed by atoms with Crippen molar-refractivity contribution in [3.63, 3.8) is 0 Å². The highest BCUT2D eigenvalue weighted by Crippen LogP contribution is 2.24. The van der Waals surface area contributed by atoms with E-state index in [1.807, 2.05) is 48.5 Å². The third kappa shape index (κ3) is 4.65. The van der Waals surface area contributed by atoms with Crippen molar-refractivity contribution in [3.8, 4) is 11.4 Å². The van der Waals surface area contributed by atoms with Crippen LogP contribution >= 0.6 is 27.7 Å².